The summed E-state index contributed by atoms with van der Waals surface area (Å²) in [7, 11) is 0. The maximum absolute atomic E-state index is 5.25. The van der Waals surface area contributed by atoms with Crippen LogP contribution in [0.2, 0.25) is 0 Å². The Morgan fingerprint density at radius 2 is 1.41 bits per heavy atom. The molecule has 2 fully saturated rings. The van der Waals surface area contributed by atoms with Crippen LogP contribution in [-0.4, -0.2) is 9.97 Å². The summed E-state index contributed by atoms with van der Waals surface area (Å²) in [4.78, 5) is 10.5. The molecule has 1 heterocycles. The average Bonchev–Trinajstić information content (AvgIpc) is 3.55. The van der Waals surface area contributed by atoms with Crippen LogP contribution in [0.5, 0.6) is 0 Å². The highest BCUT2D eigenvalue weighted by Gasteiger charge is 2.48. The van der Waals surface area contributed by atoms with Gasteiger partial charge in [0.2, 0.25) is 0 Å². The van der Waals surface area contributed by atoms with Crippen LogP contribution in [0.15, 0.2) is 140 Å². The molecule has 1 aromatic heterocycles. The number of benzene rings is 4. The minimum atomic E-state index is 0.250. The summed E-state index contributed by atoms with van der Waals surface area (Å²) in [6.07, 6.45) is 28.7. The summed E-state index contributed by atoms with van der Waals surface area (Å²) >= 11 is 0. The number of hydrogen-bond acceptors (Lipinski definition) is 2. The van der Waals surface area contributed by atoms with Gasteiger partial charge in [0.1, 0.15) is 0 Å². The first-order chi connectivity index (χ1) is 28.4. The summed E-state index contributed by atoms with van der Waals surface area (Å²) in [5.41, 5.74) is 15.5. The van der Waals surface area contributed by atoms with E-state index >= 15 is 0 Å². The lowest BCUT2D eigenvalue weighted by Crippen LogP contribution is -2.25. The molecule has 2 nitrogen and oxygen atoms in total. The fourth-order valence-electron chi connectivity index (χ4n) is 11.8. The minimum Gasteiger partial charge on any atom is -0.228 e. The first-order valence-electron chi connectivity index (χ1n) is 22.4. The zero-order chi connectivity index (χ0) is 39.2. The average molecular weight is 759 g/mol. The Kier molecular flexibility index (Phi) is 10.0. The summed E-state index contributed by atoms with van der Waals surface area (Å²) in [6, 6.07) is 36.8. The van der Waals surface area contributed by atoms with E-state index in [4.69, 9.17) is 9.97 Å². The van der Waals surface area contributed by atoms with Crippen molar-refractivity contribution < 1.29 is 0 Å². The van der Waals surface area contributed by atoms with Crippen molar-refractivity contribution >= 4 is 5.57 Å². The molecule has 0 amide bonds. The van der Waals surface area contributed by atoms with Crippen LogP contribution in [0.3, 0.4) is 0 Å². The molecule has 0 bridgehead atoms. The quantitative estimate of drug-likeness (QED) is 0.161. The number of aryl methyl sites for hydroxylation is 1. The van der Waals surface area contributed by atoms with Gasteiger partial charge in [0.15, 0.2) is 5.82 Å². The molecule has 4 aromatic carbocycles. The molecule has 5 aliphatic carbocycles. The fourth-order valence-corrected chi connectivity index (χ4v) is 11.8. The van der Waals surface area contributed by atoms with Gasteiger partial charge in [-0.3, -0.25) is 0 Å². The summed E-state index contributed by atoms with van der Waals surface area (Å²) in [5.74, 6) is 5.16. The minimum absolute atomic E-state index is 0.250. The summed E-state index contributed by atoms with van der Waals surface area (Å²) in [5, 5.41) is 0. The Balaban J connectivity index is 0.913. The van der Waals surface area contributed by atoms with Crippen molar-refractivity contribution in [1.29, 1.82) is 0 Å². The van der Waals surface area contributed by atoms with Gasteiger partial charge in [0.05, 0.1) is 11.4 Å². The fraction of sp³-hybridized carbons (Fsp3) is 0.357. The van der Waals surface area contributed by atoms with Gasteiger partial charge >= 0.3 is 0 Å². The zero-order valence-corrected chi connectivity index (χ0v) is 34.7. The second-order valence-corrected chi connectivity index (χ2v) is 18.8. The first kappa shape index (κ1) is 37.2. The van der Waals surface area contributed by atoms with Crippen molar-refractivity contribution in [3.05, 3.63) is 173 Å². The number of nitrogens with zero attached hydrogens (tertiary/aromatic N) is 2. The molecular formula is C56H58N2. The van der Waals surface area contributed by atoms with E-state index in [-0.39, 0.29) is 5.41 Å². The standard InChI is InChI=1S/C56H58N2/c1-37-13-10-18-42(31-37)45-21-12-22-48(33-45)54-36-53(40-15-6-4-5-7-16-40)57-55(58-54)41-25-23-39(24-26-41)43-19-11-20-44(32-43)47-27-29-49-50-34-46-17-9-8-14-38(46)28-30-51(50)56(2,3)52(49)35-47/h4-6,8,10,12-16,18,21-27,29,31,33,35-36,38,43-44,46,50-51H,7,9,11,17,19-20,28,30,32,34H2,1-3H3. The molecule has 2 saturated carbocycles. The van der Waals surface area contributed by atoms with Gasteiger partial charge in [0, 0.05) is 11.1 Å². The molecule has 6 unspecified atom stereocenters. The molecule has 292 valence electrons. The lowest BCUT2D eigenvalue weighted by molar-refractivity contribution is 0.278. The second-order valence-electron chi connectivity index (χ2n) is 18.8. The predicted molar refractivity (Wildman–Crippen MR) is 243 cm³/mol. The van der Waals surface area contributed by atoms with Crippen molar-refractivity contribution in [2.75, 3.05) is 0 Å². The van der Waals surface area contributed by atoms with Gasteiger partial charge in [-0.05, 0) is 157 Å². The molecule has 0 spiro atoms. The van der Waals surface area contributed by atoms with Crippen LogP contribution in [0.1, 0.15) is 129 Å². The summed E-state index contributed by atoms with van der Waals surface area (Å²) < 4.78 is 0. The Morgan fingerprint density at radius 1 is 0.638 bits per heavy atom. The Labute approximate surface area is 347 Å². The molecular weight excluding hydrogens is 701 g/mol. The van der Waals surface area contributed by atoms with E-state index in [1.54, 1.807) is 16.7 Å². The van der Waals surface area contributed by atoms with Crippen LogP contribution in [-0.2, 0) is 5.41 Å². The maximum Gasteiger partial charge on any atom is 0.160 e. The highest BCUT2D eigenvalue weighted by atomic mass is 14.9. The monoisotopic (exact) mass is 758 g/mol. The largest absolute Gasteiger partial charge is 0.228 e. The van der Waals surface area contributed by atoms with Crippen molar-refractivity contribution in [2.24, 2.45) is 17.8 Å². The summed E-state index contributed by atoms with van der Waals surface area (Å²) in [6.45, 7) is 7.30. The number of aromatic nitrogens is 2. The molecule has 10 rings (SSSR count). The molecule has 6 atom stereocenters. The van der Waals surface area contributed by atoms with E-state index in [2.05, 4.69) is 160 Å². The lowest BCUT2D eigenvalue weighted by atomic mass is 9.72. The van der Waals surface area contributed by atoms with Gasteiger partial charge in [-0.15, -0.1) is 0 Å². The highest BCUT2D eigenvalue weighted by Crippen LogP contribution is 2.58. The third kappa shape index (κ3) is 7.18. The van der Waals surface area contributed by atoms with Crippen molar-refractivity contribution in [1.82, 2.24) is 9.97 Å². The molecule has 0 radical (unpaired) electrons. The Bertz CT molecular complexity index is 2440. The topological polar surface area (TPSA) is 25.8 Å². The van der Waals surface area contributed by atoms with Crippen molar-refractivity contribution in [3.8, 4) is 33.8 Å². The number of allylic oxidation sites excluding steroid dienone is 8. The molecule has 0 saturated heterocycles. The normalized spacial score (nSPS) is 25.9. The highest BCUT2D eigenvalue weighted by molar-refractivity contribution is 5.79. The first-order valence-corrected chi connectivity index (χ1v) is 22.4. The number of rotatable bonds is 6. The van der Waals surface area contributed by atoms with Crippen LogP contribution in [0, 0.1) is 24.7 Å². The lowest BCUT2D eigenvalue weighted by Gasteiger charge is -2.32. The van der Waals surface area contributed by atoms with Crippen molar-refractivity contribution in [3.63, 3.8) is 0 Å². The molecule has 0 aliphatic heterocycles. The van der Waals surface area contributed by atoms with E-state index < -0.39 is 0 Å². The molecule has 2 heteroatoms. The van der Waals surface area contributed by atoms with Gasteiger partial charge in [-0.25, -0.2) is 9.97 Å². The molecule has 5 aromatic rings. The van der Waals surface area contributed by atoms with Gasteiger partial charge in [-0.1, -0.05) is 153 Å². The Hall–Kier alpha value is -5.08. The van der Waals surface area contributed by atoms with Crippen LogP contribution < -0.4 is 0 Å². The van der Waals surface area contributed by atoms with Gasteiger partial charge < -0.3 is 0 Å². The maximum atomic E-state index is 5.25. The van der Waals surface area contributed by atoms with E-state index in [0.29, 0.717) is 11.8 Å². The zero-order valence-electron chi connectivity index (χ0n) is 34.7. The van der Waals surface area contributed by atoms with Crippen LogP contribution in [0.25, 0.3) is 39.3 Å². The van der Waals surface area contributed by atoms with E-state index in [1.807, 2.05) is 0 Å². The van der Waals surface area contributed by atoms with Crippen LogP contribution >= 0.6 is 0 Å². The van der Waals surface area contributed by atoms with Crippen molar-refractivity contribution in [2.45, 2.75) is 108 Å². The van der Waals surface area contributed by atoms with E-state index in [9.17, 15) is 0 Å². The van der Waals surface area contributed by atoms with Gasteiger partial charge in [0.25, 0.3) is 0 Å². The molecule has 0 N–H and O–H groups in total. The second kappa shape index (κ2) is 15.6. The third-order valence-electron chi connectivity index (χ3n) is 15.0. The number of fused-ring (bicyclic) bond motifs is 4. The number of hydrogen-bond donors (Lipinski definition) is 0. The molecule has 5 aliphatic rings. The predicted octanol–water partition coefficient (Wildman–Crippen LogP) is 14.9. The van der Waals surface area contributed by atoms with Gasteiger partial charge in [-0.2, -0.15) is 0 Å². The smallest absolute Gasteiger partial charge is 0.160 e. The molecule has 58 heavy (non-hydrogen) atoms. The van der Waals surface area contributed by atoms with E-state index in [1.165, 1.54) is 80.0 Å². The SMILES string of the molecule is Cc1cccc(-c2cccc(-c3cc(C4=CCC=CC=C4)nc(-c4ccc(C5CCCC(c6ccc7c(c6)C(C)(C)C6CCC8C=CCCC8CC76)C5)cc4)n3)c2)c1. The van der Waals surface area contributed by atoms with E-state index in [0.717, 1.165) is 64.0 Å². The van der Waals surface area contributed by atoms with Crippen LogP contribution in [0.4, 0.5) is 0 Å². The Morgan fingerprint density at radius 3 is 2.28 bits per heavy atom. The third-order valence-corrected chi connectivity index (χ3v) is 15.0.